The maximum Gasteiger partial charge on any atom is 0.387 e. The number of aliphatic hydroxyl groups excluding tert-OH is 1. The fourth-order valence-electron chi connectivity index (χ4n) is 1.80. The van der Waals surface area contributed by atoms with Gasteiger partial charge < -0.3 is 19.9 Å². The van der Waals surface area contributed by atoms with Crippen molar-refractivity contribution < 1.29 is 23.4 Å². The van der Waals surface area contributed by atoms with Crippen LogP contribution in [-0.2, 0) is 4.74 Å². The monoisotopic (exact) mass is 289 g/mol. The topological polar surface area (TPSA) is 50.7 Å². The van der Waals surface area contributed by atoms with Gasteiger partial charge >= 0.3 is 6.61 Å². The van der Waals surface area contributed by atoms with E-state index in [1.54, 1.807) is 19.2 Å². The van der Waals surface area contributed by atoms with Gasteiger partial charge in [-0.15, -0.1) is 0 Å². The minimum absolute atomic E-state index is 0.0605. The van der Waals surface area contributed by atoms with Crippen molar-refractivity contribution in [1.29, 1.82) is 0 Å². The number of hydrogen-bond donors (Lipinski definition) is 2. The summed E-state index contributed by atoms with van der Waals surface area (Å²) in [4.78, 5) is 0. The Morgan fingerprint density at radius 1 is 1.25 bits per heavy atom. The molecular formula is C14H21F2NO3. The summed E-state index contributed by atoms with van der Waals surface area (Å²) >= 11 is 0. The van der Waals surface area contributed by atoms with Crippen LogP contribution in [0.3, 0.4) is 0 Å². The third kappa shape index (κ3) is 6.27. The quantitative estimate of drug-likeness (QED) is 0.732. The van der Waals surface area contributed by atoms with E-state index in [1.165, 1.54) is 12.1 Å². The van der Waals surface area contributed by atoms with Crippen LogP contribution in [0.15, 0.2) is 24.3 Å². The molecule has 1 aromatic carbocycles. The Hall–Kier alpha value is -1.24. The van der Waals surface area contributed by atoms with Crippen LogP contribution in [0.5, 0.6) is 5.75 Å². The molecule has 0 aliphatic rings. The molecule has 2 atom stereocenters. The summed E-state index contributed by atoms with van der Waals surface area (Å²) < 4.78 is 33.2. The van der Waals surface area contributed by atoms with E-state index in [2.05, 4.69) is 10.1 Å². The normalized spacial score (nSPS) is 14.3. The highest BCUT2D eigenvalue weighted by Gasteiger charge is 2.08. The van der Waals surface area contributed by atoms with Crippen LogP contribution in [0, 0.1) is 0 Å². The molecule has 1 aromatic rings. The summed E-state index contributed by atoms with van der Waals surface area (Å²) in [5.41, 5.74) is 0.966. The van der Waals surface area contributed by atoms with Crippen molar-refractivity contribution in [3.05, 3.63) is 29.8 Å². The summed E-state index contributed by atoms with van der Waals surface area (Å²) in [6.45, 7) is 0.112. The first-order chi connectivity index (χ1) is 9.52. The Morgan fingerprint density at radius 3 is 2.45 bits per heavy atom. The Bertz CT molecular complexity index is 373. The first-order valence-corrected chi connectivity index (χ1v) is 6.48. The number of rotatable bonds is 9. The number of nitrogens with one attached hydrogen (secondary N) is 1. The van der Waals surface area contributed by atoms with Crippen molar-refractivity contribution in [2.45, 2.75) is 32.1 Å². The molecule has 114 valence electrons. The molecule has 0 aliphatic carbocycles. The average molecular weight is 289 g/mol. The van der Waals surface area contributed by atoms with E-state index in [-0.39, 0.29) is 11.8 Å². The van der Waals surface area contributed by atoms with Gasteiger partial charge in [0.05, 0.1) is 12.7 Å². The largest absolute Gasteiger partial charge is 0.435 e. The Labute approximate surface area is 117 Å². The van der Waals surface area contributed by atoms with Gasteiger partial charge in [-0.2, -0.15) is 8.78 Å². The second-order valence-electron chi connectivity index (χ2n) is 4.52. The van der Waals surface area contributed by atoms with Gasteiger partial charge in [0.15, 0.2) is 0 Å². The fraction of sp³-hybridized carbons (Fsp3) is 0.571. The molecule has 0 aromatic heterocycles. The van der Waals surface area contributed by atoms with Crippen LogP contribution in [0.2, 0.25) is 0 Å². The molecule has 20 heavy (non-hydrogen) atoms. The average Bonchev–Trinajstić information content (AvgIpc) is 2.39. The van der Waals surface area contributed by atoms with Gasteiger partial charge in [-0.1, -0.05) is 12.1 Å². The second kappa shape index (κ2) is 8.84. The smallest absolute Gasteiger partial charge is 0.387 e. The Morgan fingerprint density at radius 2 is 1.90 bits per heavy atom. The van der Waals surface area contributed by atoms with Crippen LogP contribution in [0.4, 0.5) is 8.78 Å². The van der Waals surface area contributed by atoms with Crippen molar-refractivity contribution in [1.82, 2.24) is 5.32 Å². The molecule has 0 spiro atoms. The molecule has 0 bridgehead atoms. The van der Waals surface area contributed by atoms with E-state index < -0.39 is 12.7 Å². The number of hydrogen-bond acceptors (Lipinski definition) is 4. The zero-order valence-corrected chi connectivity index (χ0v) is 11.7. The first kappa shape index (κ1) is 16.8. The number of ether oxygens (including phenoxy) is 2. The maximum atomic E-state index is 12.0. The minimum Gasteiger partial charge on any atom is -0.435 e. The van der Waals surface area contributed by atoms with Crippen molar-refractivity contribution in [3.8, 4) is 5.75 Å². The van der Waals surface area contributed by atoms with E-state index in [0.717, 1.165) is 5.56 Å². The Kier molecular flexibility index (Phi) is 7.43. The molecule has 4 nitrogen and oxygen atoms in total. The second-order valence-corrected chi connectivity index (χ2v) is 4.52. The predicted octanol–water partition coefficient (Wildman–Crippen LogP) is 2.34. The SMILES string of the molecule is COCC(O)CCNC(C)c1ccc(OC(F)F)cc1. The lowest BCUT2D eigenvalue weighted by Crippen LogP contribution is -2.25. The van der Waals surface area contributed by atoms with E-state index in [0.29, 0.717) is 19.6 Å². The molecule has 0 heterocycles. The lowest BCUT2D eigenvalue weighted by Gasteiger charge is -2.16. The number of aliphatic hydroxyl groups is 1. The van der Waals surface area contributed by atoms with Crippen molar-refractivity contribution in [2.75, 3.05) is 20.3 Å². The highest BCUT2D eigenvalue weighted by Crippen LogP contribution is 2.19. The van der Waals surface area contributed by atoms with Gasteiger partial charge in [0.25, 0.3) is 0 Å². The number of alkyl halides is 2. The summed E-state index contributed by atoms with van der Waals surface area (Å²) in [5.74, 6) is 0.145. The first-order valence-electron chi connectivity index (χ1n) is 6.48. The third-order valence-corrected chi connectivity index (χ3v) is 2.89. The van der Waals surface area contributed by atoms with Crippen LogP contribution in [0.1, 0.15) is 24.9 Å². The molecule has 0 aliphatic heterocycles. The molecule has 6 heteroatoms. The highest BCUT2D eigenvalue weighted by molar-refractivity contribution is 5.28. The van der Waals surface area contributed by atoms with Gasteiger partial charge in [-0.05, 0) is 37.6 Å². The fourth-order valence-corrected chi connectivity index (χ4v) is 1.80. The molecule has 2 unspecified atom stereocenters. The standard InChI is InChI=1S/C14H21F2NO3/c1-10(17-8-7-12(18)9-19-2)11-3-5-13(6-4-11)20-14(15)16/h3-6,10,12,14,17-18H,7-9H2,1-2H3. The van der Waals surface area contributed by atoms with E-state index in [1.807, 2.05) is 6.92 Å². The lowest BCUT2D eigenvalue weighted by molar-refractivity contribution is -0.0498. The third-order valence-electron chi connectivity index (χ3n) is 2.89. The highest BCUT2D eigenvalue weighted by atomic mass is 19.3. The van der Waals surface area contributed by atoms with Crippen molar-refractivity contribution in [3.63, 3.8) is 0 Å². The van der Waals surface area contributed by atoms with Gasteiger partial charge in [0, 0.05) is 13.2 Å². The summed E-state index contributed by atoms with van der Waals surface area (Å²) in [6.07, 6.45) is 0.103. The molecule has 0 radical (unpaired) electrons. The van der Waals surface area contributed by atoms with Crippen LogP contribution < -0.4 is 10.1 Å². The van der Waals surface area contributed by atoms with Gasteiger partial charge in [0.2, 0.25) is 0 Å². The molecule has 1 rings (SSSR count). The predicted molar refractivity (Wildman–Crippen MR) is 72.0 cm³/mol. The molecule has 2 N–H and O–H groups in total. The number of methoxy groups -OCH3 is 1. The zero-order chi connectivity index (χ0) is 15.0. The van der Waals surface area contributed by atoms with Crippen LogP contribution in [0.25, 0.3) is 0 Å². The van der Waals surface area contributed by atoms with Gasteiger partial charge in [0.1, 0.15) is 5.75 Å². The zero-order valence-electron chi connectivity index (χ0n) is 11.7. The summed E-state index contributed by atoms with van der Waals surface area (Å²) in [6, 6.07) is 6.56. The van der Waals surface area contributed by atoms with Crippen molar-refractivity contribution >= 4 is 0 Å². The van der Waals surface area contributed by atoms with E-state index >= 15 is 0 Å². The maximum absolute atomic E-state index is 12.0. The van der Waals surface area contributed by atoms with Crippen molar-refractivity contribution in [2.24, 2.45) is 0 Å². The van der Waals surface area contributed by atoms with Crippen LogP contribution in [-0.4, -0.2) is 38.1 Å². The molecular weight excluding hydrogens is 268 g/mol. The lowest BCUT2D eigenvalue weighted by atomic mass is 10.1. The molecule has 0 amide bonds. The van der Waals surface area contributed by atoms with E-state index in [9.17, 15) is 13.9 Å². The van der Waals surface area contributed by atoms with E-state index in [4.69, 9.17) is 4.74 Å². The minimum atomic E-state index is -2.81. The molecule has 0 saturated heterocycles. The Balaban J connectivity index is 2.37. The molecule has 0 saturated carbocycles. The summed E-state index contributed by atoms with van der Waals surface area (Å²) in [5, 5.41) is 12.7. The summed E-state index contributed by atoms with van der Waals surface area (Å²) in [7, 11) is 1.54. The number of halogens is 2. The molecule has 0 fully saturated rings. The number of benzene rings is 1. The van der Waals surface area contributed by atoms with Crippen LogP contribution >= 0.6 is 0 Å². The van der Waals surface area contributed by atoms with Gasteiger partial charge in [-0.3, -0.25) is 0 Å². The van der Waals surface area contributed by atoms with Gasteiger partial charge in [-0.25, -0.2) is 0 Å².